The lowest BCUT2D eigenvalue weighted by Crippen LogP contribution is -2.34. The molecule has 1 amide bonds. The zero-order chi connectivity index (χ0) is 14.3. The molecule has 1 aromatic heterocycles. The monoisotopic (exact) mass is 263 g/mol. The Morgan fingerprint density at radius 1 is 1.37 bits per heavy atom. The van der Waals surface area contributed by atoms with Gasteiger partial charge in [-0.15, -0.1) is 0 Å². The Kier molecular flexibility index (Phi) is 5.80. The van der Waals surface area contributed by atoms with Crippen molar-refractivity contribution in [3.8, 4) is 0 Å². The van der Waals surface area contributed by atoms with Crippen molar-refractivity contribution in [2.75, 3.05) is 18.4 Å². The van der Waals surface area contributed by atoms with Gasteiger partial charge in [-0.3, -0.25) is 9.78 Å². The van der Waals surface area contributed by atoms with Gasteiger partial charge in [-0.25, -0.2) is 0 Å². The van der Waals surface area contributed by atoms with Crippen LogP contribution in [0.1, 0.15) is 50.9 Å². The normalized spacial score (nSPS) is 11.2. The molecule has 4 heteroatoms. The third-order valence-electron chi connectivity index (χ3n) is 3.32. The standard InChI is InChI=1S/C15H25N3O/c1-5-8-17-13-7-9-16-10-12(13)14(19)18-11-15(3,4)6-2/h7,9-10H,5-6,8,11H2,1-4H3,(H,16,17)(H,18,19). The van der Waals surface area contributed by atoms with Gasteiger partial charge in [0.15, 0.2) is 0 Å². The largest absolute Gasteiger partial charge is 0.384 e. The third-order valence-corrected chi connectivity index (χ3v) is 3.32. The van der Waals surface area contributed by atoms with Crippen molar-refractivity contribution in [3.05, 3.63) is 24.0 Å². The molecule has 0 spiro atoms. The van der Waals surface area contributed by atoms with Crippen LogP contribution in [0.4, 0.5) is 5.69 Å². The van der Waals surface area contributed by atoms with E-state index in [9.17, 15) is 4.79 Å². The first-order chi connectivity index (χ1) is 9.00. The van der Waals surface area contributed by atoms with E-state index < -0.39 is 0 Å². The summed E-state index contributed by atoms with van der Waals surface area (Å²) >= 11 is 0. The number of amides is 1. The summed E-state index contributed by atoms with van der Waals surface area (Å²) in [5, 5.41) is 6.24. The van der Waals surface area contributed by atoms with Crippen LogP contribution in [-0.4, -0.2) is 24.0 Å². The van der Waals surface area contributed by atoms with Gasteiger partial charge >= 0.3 is 0 Å². The van der Waals surface area contributed by atoms with Gasteiger partial charge in [-0.05, 0) is 24.3 Å². The summed E-state index contributed by atoms with van der Waals surface area (Å²) in [5.74, 6) is -0.0618. The maximum Gasteiger partial charge on any atom is 0.254 e. The van der Waals surface area contributed by atoms with E-state index in [0.717, 1.165) is 25.1 Å². The molecule has 0 unspecified atom stereocenters. The number of anilines is 1. The van der Waals surface area contributed by atoms with Crippen LogP contribution in [0.15, 0.2) is 18.5 Å². The van der Waals surface area contributed by atoms with Crippen molar-refractivity contribution in [2.24, 2.45) is 5.41 Å². The Labute approximate surface area is 116 Å². The van der Waals surface area contributed by atoms with Crippen LogP contribution in [-0.2, 0) is 0 Å². The van der Waals surface area contributed by atoms with Crippen LogP contribution in [0, 0.1) is 5.41 Å². The molecule has 1 aromatic rings. The van der Waals surface area contributed by atoms with Crippen LogP contribution in [0.25, 0.3) is 0 Å². The van der Waals surface area contributed by atoms with Crippen LogP contribution in [0.2, 0.25) is 0 Å². The van der Waals surface area contributed by atoms with Gasteiger partial charge in [0.2, 0.25) is 0 Å². The minimum absolute atomic E-state index is 0.0618. The number of nitrogens with one attached hydrogen (secondary N) is 2. The average molecular weight is 263 g/mol. The van der Waals surface area contributed by atoms with E-state index in [-0.39, 0.29) is 11.3 Å². The van der Waals surface area contributed by atoms with Crippen molar-refractivity contribution in [1.29, 1.82) is 0 Å². The lowest BCUT2D eigenvalue weighted by atomic mass is 9.90. The van der Waals surface area contributed by atoms with Crippen LogP contribution >= 0.6 is 0 Å². The van der Waals surface area contributed by atoms with Crippen molar-refractivity contribution in [2.45, 2.75) is 40.5 Å². The van der Waals surface area contributed by atoms with Crippen molar-refractivity contribution in [1.82, 2.24) is 10.3 Å². The number of carbonyl (C=O) groups excluding carboxylic acids is 1. The number of hydrogen-bond acceptors (Lipinski definition) is 3. The highest BCUT2D eigenvalue weighted by atomic mass is 16.1. The summed E-state index contributed by atoms with van der Waals surface area (Å²) in [4.78, 5) is 16.2. The molecule has 2 N–H and O–H groups in total. The first-order valence-corrected chi connectivity index (χ1v) is 6.96. The molecule has 1 heterocycles. The van der Waals surface area contributed by atoms with Crippen molar-refractivity contribution < 1.29 is 4.79 Å². The maximum atomic E-state index is 12.2. The van der Waals surface area contributed by atoms with Gasteiger partial charge in [-0.1, -0.05) is 27.7 Å². The Hall–Kier alpha value is -1.58. The van der Waals surface area contributed by atoms with Crippen LogP contribution in [0.5, 0.6) is 0 Å². The minimum Gasteiger partial charge on any atom is -0.384 e. The van der Waals surface area contributed by atoms with Crippen molar-refractivity contribution in [3.63, 3.8) is 0 Å². The fourth-order valence-electron chi connectivity index (χ4n) is 1.53. The molecular formula is C15H25N3O. The summed E-state index contributed by atoms with van der Waals surface area (Å²) in [7, 11) is 0. The van der Waals surface area contributed by atoms with Gasteiger partial charge in [0.25, 0.3) is 5.91 Å². The predicted molar refractivity (Wildman–Crippen MR) is 79.4 cm³/mol. The molecule has 106 valence electrons. The molecule has 4 nitrogen and oxygen atoms in total. The molecule has 0 aromatic carbocycles. The molecular weight excluding hydrogens is 238 g/mol. The number of nitrogens with zero attached hydrogens (tertiary/aromatic N) is 1. The van der Waals surface area contributed by atoms with E-state index in [2.05, 4.69) is 43.3 Å². The lowest BCUT2D eigenvalue weighted by Gasteiger charge is -2.23. The SMILES string of the molecule is CCCNc1ccncc1C(=O)NCC(C)(C)CC. The number of carbonyl (C=O) groups is 1. The first kappa shape index (κ1) is 15.5. The summed E-state index contributed by atoms with van der Waals surface area (Å²) in [6, 6.07) is 1.84. The van der Waals surface area contributed by atoms with E-state index in [1.165, 1.54) is 0 Å². The zero-order valence-electron chi connectivity index (χ0n) is 12.4. The van der Waals surface area contributed by atoms with E-state index >= 15 is 0 Å². The molecule has 0 fully saturated rings. The molecule has 0 saturated carbocycles. The first-order valence-electron chi connectivity index (χ1n) is 6.96. The molecule has 0 atom stereocenters. The van der Waals surface area contributed by atoms with Crippen molar-refractivity contribution >= 4 is 11.6 Å². The molecule has 0 radical (unpaired) electrons. The van der Waals surface area contributed by atoms with E-state index in [4.69, 9.17) is 0 Å². The highest BCUT2D eigenvalue weighted by Crippen LogP contribution is 2.19. The summed E-state index contributed by atoms with van der Waals surface area (Å²) in [6.45, 7) is 10.0. The van der Waals surface area contributed by atoms with Gasteiger partial charge in [0.05, 0.1) is 11.3 Å². The van der Waals surface area contributed by atoms with E-state index in [0.29, 0.717) is 12.1 Å². The Morgan fingerprint density at radius 2 is 2.11 bits per heavy atom. The third kappa shape index (κ3) is 4.89. The van der Waals surface area contributed by atoms with Crippen LogP contribution in [0.3, 0.4) is 0 Å². The number of pyridine rings is 1. The summed E-state index contributed by atoms with van der Waals surface area (Å²) < 4.78 is 0. The second-order valence-electron chi connectivity index (χ2n) is 5.55. The number of hydrogen-bond donors (Lipinski definition) is 2. The highest BCUT2D eigenvalue weighted by Gasteiger charge is 2.18. The van der Waals surface area contributed by atoms with Crippen LogP contribution < -0.4 is 10.6 Å². The molecule has 1 rings (SSSR count). The Morgan fingerprint density at radius 3 is 2.74 bits per heavy atom. The minimum atomic E-state index is -0.0618. The molecule has 0 aliphatic heterocycles. The summed E-state index contributed by atoms with van der Waals surface area (Å²) in [5.41, 5.74) is 1.58. The molecule has 0 aliphatic rings. The Balaban J connectivity index is 2.71. The fraction of sp³-hybridized carbons (Fsp3) is 0.600. The van der Waals surface area contributed by atoms with E-state index in [1.807, 2.05) is 6.07 Å². The second kappa shape index (κ2) is 7.12. The molecule has 0 bridgehead atoms. The molecule has 0 saturated heterocycles. The fourth-order valence-corrected chi connectivity index (χ4v) is 1.53. The van der Waals surface area contributed by atoms with Gasteiger partial charge in [0.1, 0.15) is 0 Å². The lowest BCUT2D eigenvalue weighted by molar-refractivity contribution is 0.0936. The number of aromatic nitrogens is 1. The second-order valence-corrected chi connectivity index (χ2v) is 5.55. The molecule has 0 aliphatic carbocycles. The summed E-state index contributed by atoms with van der Waals surface area (Å²) in [6.07, 6.45) is 5.37. The smallest absolute Gasteiger partial charge is 0.254 e. The van der Waals surface area contributed by atoms with E-state index in [1.54, 1.807) is 12.4 Å². The predicted octanol–water partition coefficient (Wildman–Crippen LogP) is 3.07. The molecule has 19 heavy (non-hydrogen) atoms. The maximum absolute atomic E-state index is 12.2. The quantitative estimate of drug-likeness (QED) is 0.795. The van der Waals surface area contributed by atoms with Gasteiger partial charge in [0, 0.05) is 25.5 Å². The highest BCUT2D eigenvalue weighted by molar-refractivity contribution is 5.99. The Bertz CT molecular complexity index is 416. The topological polar surface area (TPSA) is 54.0 Å². The van der Waals surface area contributed by atoms with Gasteiger partial charge in [-0.2, -0.15) is 0 Å². The van der Waals surface area contributed by atoms with Gasteiger partial charge < -0.3 is 10.6 Å². The average Bonchev–Trinajstić information content (AvgIpc) is 2.43. The zero-order valence-corrected chi connectivity index (χ0v) is 12.4. The number of rotatable bonds is 7.